The van der Waals surface area contributed by atoms with E-state index >= 15 is 0 Å². The average Bonchev–Trinajstić information content (AvgIpc) is 2.85. The third-order valence-corrected chi connectivity index (χ3v) is 5.56. The number of carbonyl (C=O) groups is 4. The third-order valence-electron chi connectivity index (χ3n) is 4.87. The van der Waals surface area contributed by atoms with E-state index in [1.807, 2.05) is 0 Å². The molecule has 3 N–H and O–H groups in total. The maximum atomic E-state index is 13.2. The number of ether oxygens (including phenoxy) is 1. The number of halogens is 1. The molecule has 154 valence electrons. The SMILES string of the molecule is CCOC(=O)C1=C(CN2C(=O)NC(C)(c3ccccc3Br)C2=O)NC(=O)NC1C. The average molecular weight is 465 g/mol. The van der Waals surface area contributed by atoms with Crippen molar-refractivity contribution in [1.82, 2.24) is 20.9 Å². The highest BCUT2D eigenvalue weighted by Gasteiger charge is 2.50. The van der Waals surface area contributed by atoms with Gasteiger partial charge in [0.15, 0.2) is 0 Å². The van der Waals surface area contributed by atoms with Gasteiger partial charge < -0.3 is 20.7 Å². The largest absolute Gasteiger partial charge is 0.463 e. The summed E-state index contributed by atoms with van der Waals surface area (Å²) >= 11 is 3.41. The summed E-state index contributed by atoms with van der Waals surface area (Å²) in [6.07, 6.45) is 0. The lowest BCUT2D eigenvalue weighted by Gasteiger charge is -2.28. The minimum absolute atomic E-state index is 0.152. The molecule has 3 rings (SSSR count). The van der Waals surface area contributed by atoms with E-state index in [2.05, 4.69) is 31.9 Å². The second kappa shape index (κ2) is 7.86. The van der Waals surface area contributed by atoms with Crippen LogP contribution in [0.2, 0.25) is 0 Å². The summed E-state index contributed by atoms with van der Waals surface area (Å²) in [5.74, 6) is -1.12. The highest BCUT2D eigenvalue weighted by molar-refractivity contribution is 9.10. The molecule has 2 aliphatic heterocycles. The molecule has 9 nitrogen and oxygen atoms in total. The van der Waals surface area contributed by atoms with Crippen LogP contribution >= 0.6 is 15.9 Å². The molecule has 1 aromatic rings. The molecule has 2 heterocycles. The predicted octanol–water partition coefficient (Wildman–Crippen LogP) is 1.73. The topological polar surface area (TPSA) is 117 Å². The molecule has 1 fully saturated rings. The lowest BCUT2D eigenvalue weighted by atomic mass is 9.92. The number of nitrogens with zero attached hydrogens (tertiary/aromatic N) is 1. The van der Waals surface area contributed by atoms with Gasteiger partial charge in [-0.1, -0.05) is 34.1 Å². The maximum absolute atomic E-state index is 13.2. The number of amides is 5. The molecule has 0 aliphatic carbocycles. The van der Waals surface area contributed by atoms with Crippen LogP contribution in [0.5, 0.6) is 0 Å². The van der Waals surface area contributed by atoms with E-state index in [1.54, 1.807) is 45.0 Å². The summed E-state index contributed by atoms with van der Waals surface area (Å²) in [6.45, 7) is 4.79. The number of esters is 1. The molecule has 0 saturated carbocycles. The molecule has 0 radical (unpaired) electrons. The first-order valence-electron chi connectivity index (χ1n) is 9.05. The second-order valence-corrected chi connectivity index (χ2v) is 7.71. The van der Waals surface area contributed by atoms with Crippen molar-refractivity contribution in [2.75, 3.05) is 13.2 Å². The number of nitrogens with one attached hydrogen (secondary N) is 3. The maximum Gasteiger partial charge on any atom is 0.337 e. The van der Waals surface area contributed by atoms with Crippen LogP contribution < -0.4 is 16.0 Å². The van der Waals surface area contributed by atoms with Crippen LogP contribution in [-0.4, -0.2) is 48.0 Å². The van der Waals surface area contributed by atoms with Crippen molar-refractivity contribution in [3.63, 3.8) is 0 Å². The standard InChI is InChI=1S/C19H21BrN4O5/c1-4-29-15(25)14-10(2)21-17(27)22-13(14)9-24-16(26)19(3,23-18(24)28)11-7-5-6-8-12(11)20/h5-8,10H,4,9H2,1-3H3,(H,23,28)(H2,21,22,27). The van der Waals surface area contributed by atoms with Crippen molar-refractivity contribution < 1.29 is 23.9 Å². The van der Waals surface area contributed by atoms with E-state index < -0.39 is 35.5 Å². The van der Waals surface area contributed by atoms with Crippen molar-refractivity contribution in [2.24, 2.45) is 0 Å². The molecule has 5 amide bonds. The molecule has 29 heavy (non-hydrogen) atoms. The molecule has 2 unspecified atom stereocenters. The van der Waals surface area contributed by atoms with Crippen LogP contribution in [0.15, 0.2) is 40.0 Å². The van der Waals surface area contributed by atoms with Crippen LogP contribution in [0.3, 0.4) is 0 Å². The smallest absolute Gasteiger partial charge is 0.337 e. The van der Waals surface area contributed by atoms with Gasteiger partial charge >= 0.3 is 18.0 Å². The minimum atomic E-state index is -1.29. The molecule has 1 aromatic carbocycles. The lowest BCUT2D eigenvalue weighted by molar-refractivity contribution is -0.139. The molecule has 2 aliphatic rings. The predicted molar refractivity (Wildman–Crippen MR) is 107 cm³/mol. The fourth-order valence-corrected chi connectivity index (χ4v) is 4.13. The number of benzene rings is 1. The quantitative estimate of drug-likeness (QED) is 0.453. The highest BCUT2D eigenvalue weighted by atomic mass is 79.9. The van der Waals surface area contributed by atoms with E-state index in [0.717, 1.165) is 4.90 Å². The first-order chi connectivity index (χ1) is 13.7. The van der Waals surface area contributed by atoms with E-state index in [-0.39, 0.29) is 24.4 Å². The summed E-state index contributed by atoms with van der Waals surface area (Å²) in [4.78, 5) is 51.1. The summed E-state index contributed by atoms with van der Waals surface area (Å²) in [6, 6.07) is 5.31. The second-order valence-electron chi connectivity index (χ2n) is 6.86. The fraction of sp³-hybridized carbons (Fsp3) is 0.368. The molecule has 0 spiro atoms. The molecule has 2 atom stereocenters. The van der Waals surface area contributed by atoms with Gasteiger partial charge in [0.2, 0.25) is 0 Å². The van der Waals surface area contributed by atoms with E-state index in [0.29, 0.717) is 10.0 Å². The molecular weight excluding hydrogens is 444 g/mol. The van der Waals surface area contributed by atoms with Crippen LogP contribution in [0, 0.1) is 0 Å². The van der Waals surface area contributed by atoms with Gasteiger partial charge in [-0.3, -0.25) is 9.69 Å². The van der Waals surface area contributed by atoms with Gasteiger partial charge in [0.25, 0.3) is 5.91 Å². The Balaban J connectivity index is 1.96. The van der Waals surface area contributed by atoms with Crippen molar-refractivity contribution in [3.05, 3.63) is 45.6 Å². The first kappa shape index (κ1) is 20.8. The Morgan fingerprint density at radius 1 is 1.28 bits per heavy atom. The Bertz CT molecular complexity index is 931. The molecule has 1 saturated heterocycles. The van der Waals surface area contributed by atoms with Gasteiger partial charge in [-0.25, -0.2) is 14.4 Å². The van der Waals surface area contributed by atoms with Crippen LogP contribution in [0.25, 0.3) is 0 Å². The Morgan fingerprint density at radius 3 is 2.62 bits per heavy atom. The third kappa shape index (κ3) is 3.71. The Kier molecular flexibility index (Phi) is 5.65. The van der Waals surface area contributed by atoms with Gasteiger partial charge in [0.1, 0.15) is 5.54 Å². The van der Waals surface area contributed by atoms with Crippen LogP contribution in [0.1, 0.15) is 26.3 Å². The van der Waals surface area contributed by atoms with Gasteiger partial charge in [0, 0.05) is 10.0 Å². The number of hydrogen-bond donors (Lipinski definition) is 3. The van der Waals surface area contributed by atoms with Gasteiger partial charge in [-0.05, 0) is 26.8 Å². The highest BCUT2D eigenvalue weighted by Crippen LogP contribution is 2.34. The van der Waals surface area contributed by atoms with Gasteiger partial charge in [-0.2, -0.15) is 0 Å². The van der Waals surface area contributed by atoms with Crippen LogP contribution in [-0.2, 0) is 19.9 Å². The van der Waals surface area contributed by atoms with Crippen molar-refractivity contribution >= 4 is 39.9 Å². The number of hydrogen-bond acceptors (Lipinski definition) is 5. The Hall–Kier alpha value is -2.88. The van der Waals surface area contributed by atoms with Crippen molar-refractivity contribution in [3.8, 4) is 0 Å². The monoisotopic (exact) mass is 464 g/mol. The first-order valence-corrected chi connectivity index (χ1v) is 9.85. The minimum Gasteiger partial charge on any atom is -0.463 e. The van der Waals surface area contributed by atoms with E-state index in [4.69, 9.17) is 4.74 Å². The number of imide groups is 1. The lowest BCUT2D eigenvalue weighted by Crippen LogP contribution is -2.52. The Labute approximate surface area is 176 Å². The van der Waals surface area contributed by atoms with Crippen molar-refractivity contribution in [2.45, 2.75) is 32.4 Å². The number of urea groups is 2. The van der Waals surface area contributed by atoms with Crippen molar-refractivity contribution in [1.29, 1.82) is 0 Å². The summed E-state index contributed by atoms with van der Waals surface area (Å²) in [5.41, 5.74) is -0.367. The fourth-order valence-electron chi connectivity index (χ4n) is 3.45. The number of carbonyl (C=O) groups excluding carboxylic acids is 4. The Morgan fingerprint density at radius 2 is 1.97 bits per heavy atom. The normalized spacial score (nSPS) is 24.2. The van der Waals surface area contributed by atoms with Crippen LogP contribution in [0.4, 0.5) is 9.59 Å². The summed E-state index contributed by atoms with van der Waals surface area (Å²) in [5, 5.41) is 7.81. The van der Waals surface area contributed by atoms with E-state index in [9.17, 15) is 19.2 Å². The zero-order valence-electron chi connectivity index (χ0n) is 16.2. The summed E-state index contributed by atoms with van der Waals surface area (Å²) < 4.78 is 5.74. The molecule has 0 aromatic heterocycles. The van der Waals surface area contributed by atoms with Gasteiger partial charge in [0.05, 0.1) is 30.5 Å². The number of rotatable bonds is 5. The van der Waals surface area contributed by atoms with Gasteiger partial charge in [-0.15, -0.1) is 0 Å². The molecule has 0 bridgehead atoms. The molecule has 10 heteroatoms. The zero-order valence-corrected chi connectivity index (χ0v) is 17.8. The van der Waals surface area contributed by atoms with E-state index in [1.165, 1.54) is 0 Å². The summed E-state index contributed by atoms with van der Waals surface area (Å²) in [7, 11) is 0. The zero-order chi connectivity index (χ0) is 21.3. The molecular formula is C19H21BrN4O5.